The van der Waals surface area contributed by atoms with Gasteiger partial charge in [-0.05, 0) is 60.4 Å². The first-order valence-electron chi connectivity index (χ1n) is 14.3. The summed E-state index contributed by atoms with van der Waals surface area (Å²) in [6, 6.07) is 13.4. The van der Waals surface area contributed by atoms with Crippen LogP contribution in [-0.2, 0) is 15.1 Å². The number of carbonyl (C=O) groups excluding carboxylic acids is 1. The third kappa shape index (κ3) is 6.53. The normalized spacial score (nSPS) is 26.0. The van der Waals surface area contributed by atoms with Crippen LogP contribution in [0.2, 0.25) is 5.02 Å². The van der Waals surface area contributed by atoms with E-state index >= 15 is 0 Å². The third-order valence-electron chi connectivity index (χ3n) is 8.44. The van der Waals surface area contributed by atoms with Gasteiger partial charge in [0.1, 0.15) is 31.3 Å². The van der Waals surface area contributed by atoms with E-state index in [4.69, 9.17) is 30.8 Å². The van der Waals surface area contributed by atoms with Crippen molar-refractivity contribution in [1.82, 2.24) is 4.90 Å². The van der Waals surface area contributed by atoms with Gasteiger partial charge in [-0.25, -0.2) is 0 Å². The zero-order chi connectivity index (χ0) is 29.0. The molecule has 1 saturated heterocycles. The van der Waals surface area contributed by atoms with E-state index in [1.54, 1.807) is 0 Å². The monoisotopic (exact) mass is 578 g/mol. The highest BCUT2D eigenvalue weighted by molar-refractivity contribution is 6.30. The Bertz CT molecular complexity index is 1340. The van der Waals surface area contributed by atoms with E-state index in [0.717, 1.165) is 42.9 Å². The molecule has 1 N–H and O–H groups in total. The topological polar surface area (TPSA) is 80.6 Å². The Morgan fingerprint density at radius 3 is 2.78 bits per heavy atom. The first kappa shape index (κ1) is 29.4. The number of hydrogen-bond donors (Lipinski definition) is 1. The van der Waals surface area contributed by atoms with Crippen LogP contribution in [0, 0.1) is 11.3 Å². The van der Waals surface area contributed by atoms with Crippen LogP contribution in [0.4, 0.5) is 0 Å². The van der Waals surface area contributed by atoms with E-state index in [9.17, 15) is 9.90 Å². The predicted molar refractivity (Wildman–Crippen MR) is 162 cm³/mol. The maximum absolute atomic E-state index is 11.8. The van der Waals surface area contributed by atoms with E-state index in [-0.39, 0.29) is 36.6 Å². The van der Waals surface area contributed by atoms with Gasteiger partial charge < -0.3 is 24.2 Å². The standard InChI is InChI=1S/C33H39ClN2O5/c1-23(37)39-18-19-40-26-12-13-31-29(20-26)27(28-6-4-15-35-30(28)21-41-31)7-5-16-36-17-14-33(38,32(2,3)22-36)24-8-10-25(34)11-9-24/h4,6-13,15,20,28,30,38H,5,14,16-19,21-22H2,1-3H3/b27-7+. The van der Waals surface area contributed by atoms with Crippen LogP contribution in [0.5, 0.6) is 11.5 Å². The van der Waals surface area contributed by atoms with Crippen molar-refractivity contribution in [2.24, 2.45) is 16.3 Å². The van der Waals surface area contributed by atoms with Crippen LogP contribution in [0.15, 0.2) is 65.7 Å². The quantitative estimate of drug-likeness (QED) is 0.320. The van der Waals surface area contributed by atoms with Crippen molar-refractivity contribution in [3.05, 3.63) is 76.8 Å². The van der Waals surface area contributed by atoms with Crippen LogP contribution in [0.3, 0.4) is 0 Å². The van der Waals surface area contributed by atoms with Crippen molar-refractivity contribution in [1.29, 1.82) is 0 Å². The molecule has 3 heterocycles. The summed E-state index contributed by atoms with van der Waals surface area (Å²) in [7, 11) is 0. The van der Waals surface area contributed by atoms with Crippen molar-refractivity contribution < 1.29 is 24.1 Å². The number of allylic oxidation sites excluding steroid dienone is 1. The molecule has 3 atom stereocenters. The van der Waals surface area contributed by atoms with Gasteiger partial charge in [-0.3, -0.25) is 9.79 Å². The molecule has 2 aromatic rings. The Morgan fingerprint density at radius 2 is 2.02 bits per heavy atom. The first-order chi connectivity index (χ1) is 19.7. The average Bonchev–Trinajstić information content (AvgIpc) is 3.10. The summed E-state index contributed by atoms with van der Waals surface area (Å²) >= 11 is 6.11. The zero-order valence-corrected chi connectivity index (χ0v) is 24.8. The summed E-state index contributed by atoms with van der Waals surface area (Å²) in [5.41, 5.74) is 1.86. The Kier molecular flexibility index (Phi) is 8.88. The molecule has 3 aliphatic rings. The Morgan fingerprint density at radius 1 is 1.22 bits per heavy atom. The largest absolute Gasteiger partial charge is 0.491 e. The van der Waals surface area contributed by atoms with E-state index in [0.29, 0.717) is 23.8 Å². The van der Waals surface area contributed by atoms with Gasteiger partial charge in [-0.15, -0.1) is 0 Å². The number of nitrogens with zero attached hydrogens (tertiary/aromatic N) is 2. The fraction of sp³-hybridized carbons (Fsp3) is 0.455. The van der Waals surface area contributed by atoms with Gasteiger partial charge in [-0.2, -0.15) is 0 Å². The molecule has 3 aliphatic heterocycles. The molecular formula is C33H39ClN2O5. The van der Waals surface area contributed by atoms with Crippen molar-refractivity contribution in [2.45, 2.75) is 45.3 Å². The summed E-state index contributed by atoms with van der Waals surface area (Å²) < 4.78 is 17.1. The van der Waals surface area contributed by atoms with Crippen LogP contribution in [0.25, 0.3) is 5.57 Å². The fourth-order valence-electron chi connectivity index (χ4n) is 6.19. The summed E-state index contributed by atoms with van der Waals surface area (Å²) in [4.78, 5) is 18.2. The lowest BCUT2D eigenvalue weighted by Crippen LogP contribution is -2.55. The fourth-order valence-corrected chi connectivity index (χ4v) is 6.31. The molecule has 2 aromatic carbocycles. The SMILES string of the molecule is CC(=O)OCCOc1ccc2c(c1)/C(=C/CCN1CCC(O)(c3ccc(Cl)cc3)C(C)(C)C1)C1C=CC=NC1CO2. The van der Waals surface area contributed by atoms with Crippen molar-refractivity contribution >= 4 is 29.4 Å². The maximum Gasteiger partial charge on any atom is 0.302 e. The van der Waals surface area contributed by atoms with Crippen LogP contribution in [-0.4, -0.2) is 67.7 Å². The number of esters is 1. The van der Waals surface area contributed by atoms with Crippen molar-refractivity contribution in [3.63, 3.8) is 0 Å². The van der Waals surface area contributed by atoms with Gasteiger partial charge in [0.15, 0.2) is 0 Å². The number of ether oxygens (including phenoxy) is 3. The predicted octanol–water partition coefficient (Wildman–Crippen LogP) is 5.69. The Hall–Kier alpha value is -3.13. The molecule has 3 unspecified atom stereocenters. The number of likely N-dealkylation sites (tertiary alicyclic amines) is 1. The lowest BCUT2D eigenvalue weighted by atomic mass is 9.66. The highest BCUT2D eigenvalue weighted by atomic mass is 35.5. The van der Waals surface area contributed by atoms with Crippen molar-refractivity contribution in [2.75, 3.05) is 39.5 Å². The molecule has 0 aliphatic carbocycles. The molecule has 0 radical (unpaired) electrons. The molecule has 41 heavy (non-hydrogen) atoms. The Labute approximate surface area is 247 Å². The van der Waals surface area contributed by atoms with Gasteiger partial charge in [0.05, 0.1) is 11.6 Å². The number of halogens is 1. The highest BCUT2D eigenvalue weighted by Crippen LogP contribution is 2.46. The molecular weight excluding hydrogens is 540 g/mol. The maximum atomic E-state index is 11.8. The number of fused-ring (bicyclic) bond motifs is 2. The van der Waals surface area contributed by atoms with Crippen LogP contribution in [0.1, 0.15) is 44.7 Å². The minimum atomic E-state index is -0.909. The smallest absolute Gasteiger partial charge is 0.302 e. The summed E-state index contributed by atoms with van der Waals surface area (Å²) in [6.45, 7) is 9.13. The molecule has 5 rings (SSSR count). The summed E-state index contributed by atoms with van der Waals surface area (Å²) in [6.07, 6.45) is 9.87. The van der Waals surface area contributed by atoms with Crippen molar-refractivity contribution in [3.8, 4) is 11.5 Å². The van der Waals surface area contributed by atoms with Gasteiger partial charge in [0.25, 0.3) is 0 Å². The second-order valence-corrected chi connectivity index (χ2v) is 12.1. The molecule has 218 valence electrons. The molecule has 7 nitrogen and oxygen atoms in total. The molecule has 0 spiro atoms. The van der Waals surface area contributed by atoms with E-state index in [2.05, 4.69) is 30.9 Å². The lowest BCUT2D eigenvalue weighted by Gasteiger charge is -2.50. The van der Waals surface area contributed by atoms with Gasteiger partial charge >= 0.3 is 5.97 Å². The van der Waals surface area contributed by atoms with Gasteiger partial charge in [-0.1, -0.05) is 49.7 Å². The Balaban J connectivity index is 1.31. The molecule has 8 heteroatoms. The number of piperidine rings is 1. The van der Waals surface area contributed by atoms with E-state index < -0.39 is 5.60 Å². The third-order valence-corrected chi connectivity index (χ3v) is 8.70. The molecule has 0 aromatic heterocycles. The zero-order valence-electron chi connectivity index (χ0n) is 24.0. The number of aliphatic hydroxyl groups is 1. The first-order valence-corrected chi connectivity index (χ1v) is 14.7. The van der Waals surface area contributed by atoms with E-state index in [1.807, 2.05) is 54.8 Å². The summed E-state index contributed by atoms with van der Waals surface area (Å²) in [5, 5.41) is 12.4. The average molecular weight is 579 g/mol. The highest BCUT2D eigenvalue weighted by Gasteiger charge is 2.48. The molecule has 0 amide bonds. The summed E-state index contributed by atoms with van der Waals surface area (Å²) in [5.74, 6) is 1.29. The minimum Gasteiger partial charge on any atom is -0.491 e. The number of carbonyl (C=O) groups is 1. The second-order valence-electron chi connectivity index (χ2n) is 11.7. The number of rotatable bonds is 8. The minimum absolute atomic E-state index is 0.00952. The molecule has 1 fully saturated rings. The molecule has 0 saturated carbocycles. The molecule has 0 bridgehead atoms. The van der Waals surface area contributed by atoms with Crippen LogP contribution < -0.4 is 9.47 Å². The number of dihydropyridines is 1. The number of hydrogen-bond acceptors (Lipinski definition) is 7. The lowest BCUT2D eigenvalue weighted by molar-refractivity contribution is -0.141. The van der Waals surface area contributed by atoms with Crippen LogP contribution >= 0.6 is 11.6 Å². The second kappa shape index (κ2) is 12.4. The van der Waals surface area contributed by atoms with Gasteiger partial charge in [0.2, 0.25) is 0 Å². The number of benzene rings is 2. The van der Waals surface area contributed by atoms with E-state index in [1.165, 1.54) is 12.5 Å². The van der Waals surface area contributed by atoms with Gasteiger partial charge in [0, 0.05) is 54.7 Å². The number of aliphatic imine (C=N–C) groups is 1.